The lowest BCUT2D eigenvalue weighted by molar-refractivity contribution is 0.461. The smallest absolute Gasteiger partial charge is 0.225 e. The van der Waals surface area contributed by atoms with Crippen LogP contribution in [0.25, 0.3) is 11.3 Å². The van der Waals surface area contributed by atoms with Gasteiger partial charge in [0.05, 0.1) is 16.4 Å². The highest BCUT2D eigenvalue weighted by Crippen LogP contribution is 2.29. The molecule has 3 aromatic rings. The van der Waals surface area contributed by atoms with Crippen molar-refractivity contribution in [3.63, 3.8) is 0 Å². The molecule has 0 amide bonds. The molecule has 0 radical (unpaired) electrons. The molecule has 0 unspecified atom stereocenters. The number of hydrogen-bond donors (Lipinski definition) is 2. The summed E-state index contributed by atoms with van der Waals surface area (Å²) in [6.45, 7) is 2.02. The molecule has 0 atom stereocenters. The minimum Gasteiger partial charge on any atom is -0.351 e. The Hall–Kier alpha value is -2.66. The highest BCUT2D eigenvalue weighted by molar-refractivity contribution is 6.33. The van der Waals surface area contributed by atoms with Gasteiger partial charge in [-0.05, 0) is 49.6 Å². The number of rotatable bonds is 5. The summed E-state index contributed by atoms with van der Waals surface area (Å²) in [5.74, 6) is 1.34. The van der Waals surface area contributed by atoms with Crippen LogP contribution in [0.1, 0.15) is 37.7 Å². The minimum atomic E-state index is 0.425. The molecule has 1 aliphatic rings. The summed E-state index contributed by atoms with van der Waals surface area (Å²) in [5, 5.41) is 7.54. The second-order valence-corrected chi connectivity index (χ2v) is 7.70. The lowest BCUT2D eigenvalue weighted by atomic mass is 9.96. The van der Waals surface area contributed by atoms with Gasteiger partial charge in [0.25, 0.3) is 0 Å². The van der Waals surface area contributed by atoms with Crippen molar-refractivity contribution in [1.82, 2.24) is 15.0 Å². The molecule has 0 saturated heterocycles. The van der Waals surface area contributed by atoms with Gasteiger partial charge in [-0.3, -0.25) is 4.98 Å². The first-order valence-corrected chi connectivity index (χ1v) is 10.1. The molecular formula is C22H24ClN5. The Bertz CT molecular complexity index is 939. The third-order valence-corrected chi connectivity index (χ3v) is 5.32. The SMILES string of the molecule is Cc1ccc(Nc2cc(-c3cccnc3)nc(NC3CCCCC3)n2)c(Cl)c1. The summed E-state index contributed by atoms with van der Waals surface area (Å²) in [5.41, 5.74) is 3.72. The zero-order chi connectivity index (χ0) is 19.3. The summed E-state index contributed by atoms with van der Waals surface area (Å²) in [6, 6.07) is 12.2. The summed E-state index contributed by atoms with van der Waals surface area (Å²) < 4.78 is 0. The number of aryl methyl sites for hydroxylation is 1. The molecule has 1 saturated carbocycles. The normalized spacial score (nSPS) is 14.6. The fourth-order valence-corrected chi connectivity index (χ4v) is 3.81. The van der Waals surface area contributed by atoms with Crippen LogP contribution in [0.3, 0.4) is 0 Å². The van der Waals surface area contributed by atoms with Crippen molar-refractivity contribution in [2.45, 2.75) is 45.1 Å². The van der Waals surface area contributed by atoms with Gasteiger partial charge >= 0.3 is 0 Å². The van der Waals surface area contributed by atoms with E-state index in [1.54, 1.807) is 6.20 Å². The van der Waals surface area contributed by atoms with Crippen molar-refractivity contribution >= 4 is 29.1 Å². The van der Waals surface area contributed by atoms with E-state index in [4.69, 9.17) is 21.6 Å². The molecule has 0 spiro atoms. The average Bonchev–Trinajstić information content (AvgIpc) is 2.71. The monoisotopic (exact) mass is 393 g/mol. The second-order valence-electron chi connectivity index (χ2n) is 7.29. The van der Waals surface area contributed by atoms with Crippen LogP contribution >= 0.6 is 11.6 Å². The van der Waals surface area contributed by atoms with Gasteiger partial charge in [0.2, 0.25) is 5.95 Å². The molecule has 28 heavy (non-hydrogen) atoms. The molecule has 6 heteroatoms. The molecule has 1 fully saturated rings. The van der Waals surface area contributed by atoms with Crippen molar-refractivity contribution < 1.29 is 0 Å². The van der Waals surface area contributed by atoms with E-state index in [-0.39, 0.29) is 0 Å². The van der Waals surface area contributed by atoms with Crippen molar-refractivity contribution in [3.05, 3.63) is 59.4 Å². The van der Waals surface area contributed by atoms with Crippen LogP contribution in [0.4, 0.5) is 17.5 Å². The lowest BCUT2D eigenvalue weighted by Crippen LogP contribution is -2.23. The average molecular weight is 394 g/mol. The highest BCUT2D eigenvalue weighted by atomic mass is 35.5. The number of benzene rings is 1. The molecule has 2 aromatic heterocycles. The summed E-state index contributed by atoms with van der Waals surface area (Å²) in [4.78, 5) is 13.7. The van der Waals surface area contributed by atoms with Gasteiger partial charge in [-0.2, -0.15) is 4.98 Å². The summed E-state index contributed by atoms with van der Waals surface area (Å²) in [7, 11) is 0. The number of pyridine rings is 1. The van der Waals surface area contributed by atoms with E-state index in [2.05, 4.69) is 15.6 Å². The molecule has 0 aliphatic heterocycles. The maximum atomic E-state index is 6.40. The zero-order valence-corrected chi connectivity index (χ0v) is 16.7. The Morgan fingerprint density at radius 3 is 2.64 bits per heavy atom. The maximum Gasteiger partial charge on any atom is 0.225 e. The highest BCUT2D eigenvalue weighted by Gasteiger charge is 2.16. The molecule has 5 nitrogen and oxygen atoms in total. The van der Waals surface area contributed by atoms with E-state index in [0.717, 1.165) is 35.3 Å². The summed E-state index contributed by atoms with van der Waals surface area (Å²) >= 11 is 6.40. The van der Waals surface area contributed by atoms with Gasteiger partial charge in [-0.25, -0.2) is 4.98 Å². The van der Waals surface area contributed by atoms with E-state index in [1.165, 1.54) is 19.3 Å². The standard InChI is InChI=1S/C22H24ClN5/c1-15-9-10-19(18(23)12-15)26-21-13-20(16-6-5-11-24-14-16)27-22(28-21)25-17-7-3-2-4-8-17/h5-6,9-14,17H,2-4,7-8H2,1H3,(H2,25,26,27,28). The molecular weight excluding hydrogens is 370 g/mol. The molecule has 144 valence electrons. The largest absolute Gasteiger partial charge is 0.351 e. The second kappa shape index (κ2) is 8.57. The molecule has 1 aromatic carbocycles. The van der Waals surface area contributed by atoms with Gasteiger partial charge in [0, 0.05) is 30.1 Å². The number of anilines is 3. The Labute approximate surface area is 170 Å². The third kappa shape index (κ3) is 4.60. The van der Waals surface area contributed by atoms with Crippen molar-refractivity contribution in [2.24, 2.45) is 0 Å². The number of hydrogen-bond acceptors (Lipinski definition) is 5. The van der Waals surface area contributed by atoms with Gasteiger partial charge in [0.15, 0.2) is 0 Å². The predicted molar refractivity (Wildman–Crippen MR) is 115 cm³/mol. The molecule has 0 bridgehead atoms. The van der Waals surface area contributed by atoms with Crippen LogP contribution in [-0.2, 0) is 0 Å². The van der Waals surface area contributed by atoms with E-state index in [0.29, 0.717) is 22.8 Å². The Kier molecular flexibility index (Phi) is 5.72. The van der Waals surface area contributed by atoms with Gasteiger partial charge < -0.3 is 10.6 Å². The van der Waals surface area contributed by atoms with Crippen LogP contribution < -0.4 is 10.6 Å². The van der Waals surface area contributed by atoms with Crippen LogP contribution in [0.2, 0.25) is 5.02 Å². The van der Waals surface area contributed by atoms with Crippen molar-refractivity contribution in [2.75, 3.05) is 10.6 Å². The maximum absolute atomic E-state index is 6.40. The van der Waals surface area contributed by atoms with Crippen LogP contribution in [0, 0.1) is 6.92 Å². The lowest BCUT2D eigenvalue weighted by Gasteiger charge is -2.23. The molecule has 4 rings (SSSR count). The Morgan fingerprint density at radius 2 is 1.89 bits per heavy atom. The van der Waals surface area contributed by atoms with Crippen molar-refractivity contribution in [1.29, 1.82) is 0 Å². The first-order chi connectivity index (χ1) is 13.7. The number of halogens is 1. The van der Waals surface area contributed by atoms with E-state index in [1.807, 2.05) is 49.5 Å². The molecule has 2 heterocycles. The van der Waals surface area contributed by atoms with Crippen LogP contribution in [0.15, 0.2) is 48.8 Å². The fraction of sp³-hybridized carbons (Fsp3) is 0.318. The molecule has 1 aliphatic carbocycles. The number of nitrogens with one attached hydrogen (secondary N) is 2. The minimum absolute atomic E-state index is 0.425. The van der Waals surface area contributed by atoms with Crippen LogP contribution in [0.5, 0.6) is 0 Å². The quantitative estimate of drug-likeness (QED) is 0.557. The van der Waals surface area contributed by atoms with Gasteiger partial charge in [0.1, 0.15) is 5.82 Å². The van der Waals surface area contributed by atoms with E-state index >= 15 is 0 Å². The molecule has 2 N–H and O–H groups in total. The van der Waals surface area contributed by atoms with Crippen molar-refractivity contribution in [3.8, 4) is 11.3 Å². The summed E-state index contributed by atoms with van der Waals surface area (Å²) in [6.07, 6.45) is 9.72. The topological polar surface area (TPSA) is 62.7 Å². The predicted octanol–water partition coefficient (Wildman–Crippen LogP) is 5.99. The zero-order valence-electron chi connectivity index (χ0n) is 16.0. The van der Waals surface area contributed by atoms with E-state index in [9.17, 15) is 0 Å². The first-order valence-electron chi connectivity index (χ1n) is 9.76. The first kappa shape index (κ1) is 18.7. The number of nitrogens with zero attached hydrogens (tertiary/aromatic N) is 3. The van der Waals surface area contributed by atoms with Gasteiger partial charge in [-0.15, -0.1) is 0 Å². The number of aromatic nitrogens is 3. The van der Waals surface area contributed by atoms with E-state index < -0.39 is 0 Å². The van der Waals surface area contributed by atoms with Crippen LogP contribution in [-0.4, -0.2) is 21.0 Å². The fourth-order valence-electron chi connectivity index (χ4n) is 3.53. The Morgan fingerprint density at radius 1 is 1.04 bits per heavy atom. The Balaban J connectivity index is 1.66. The van der Waals surface area contributed by atoms with Gasteiger partial charge in [-0.1, -0.05) is 36.9 Å². The third-order valence-electron chi connectivity index (χ3n) is 5.01.